The first kappa shape index (κ1) is 22.3. The van der Waals surface area contributed by atoms with E-state index in [-0.39, 0.29) is 25.5 Å². The van der Waals surface area contributed by atoms with Crippen molar-refractivity contribution in [3.8, 4) is 11.1 Å². The van der Waals surface area contributed by atoms with Crippen molar-refractivity contribution in [3.05, 3.63) is 59.7 Å². The summed E-state index contributed by atoms with van der Waals surface area (Å²) in [4.78, 5) is 49.2. The predicted octanol–water partition coefficient (Wildman–Crippen LogP) is 2.44. The summed E-state index contributed by atoms with van der Waals surface area (Å²) < 4.78 is 5.41. The second-order valence-corrected chi connectivity index (χ2v) is 8.15. The molecule has 1 fully saturated rings. The first-order chi connectivity index (χ1) is 15.9. The fourth-order valence-electron chi connectivity index (χ4n) is 4.64. The summed E-state index contributed by atoms with van der Waals surface area (Å²) in [6.45, 7) is 0.202. The quantitative estimate of drug-likeness (QED) is 0.588. The molecular weight excluding hydrogens is 428 g/mol. The van der Waals surface area contributed by atoms with Crippen molar-refractivity contribution in [1.82, 2.24) is 10.2 Å². The minimum atomic E-state index is -1.42. The molecule has 0 unspecified atom stereocenters. The maximum Gasteiger partial charge on any atom is 0.407 e. The SMILES string of the molecule is O=C(O)C[C@H](NC(=O)OCC1c2ccccc2-c2ccccc21)C(=O)N1CCC[C@H]1C(=O)O. The van der Waals surface area contributed by atoms with Gasteiger partial charge in [-0.2, -0.15) is 0 Å². The Kier molecular flexibility index (Phi) is 6.30. The Bertz CT molecular complexity index is 1050. The zero-order valence-corrected chi connectivity index (χ0v) is 17.8. The van der Waals surface area contributed by atoms with Crippen LogP contribution >= 0.6 is 0 Å². The van der Waals surface area contributed by atoms with Crippen LogP contribution in [0.25, 0.3) is 11.1 Å². The van der Waals surface area contributed by atoms with Crippen LogP contribution in [0.15, 0.2) is 48.5 Å². The minimum Gasteiger partial charge on any atom is -0.481 e. The predicted molar refractivity (Wildman–Crippen MR) is 117 cm³/mol. The van der Waals surface area contributed by atoms with E-state index in [9.17, 15) is 29.4 Å². The lowest BCUT2D eigenvalue weighted by Crippen LogP contribution is -2.52. The van der Waals surface area contributed by atoms with Crippen LogP contribution in [-0.4, -0.2) is 64.3 Å². The van der Waals surface area contributed by atoms with E-state index in [0.29, 0.717) is 6.42 Å². The molecular formula is C24H24N2O7. The van der Waals surface area contributed by atoms with E-state index in [1.54, 1.807) is 0 Å². The third kappa shape index (κ3) is 4.52. The molecule has 9 heteroatoms. The van der Waals surface area contributed by atoms with Crippen molar-refractivity contribution in [2.75, 3.05) is 13.2 Å². The number of carbonyl (C=O) groups is 4. The number of rotatable bonds is 7. The van der Waals surface area contributed by atoms with E-state index < -0.39 is 42.4 Å². The molecule has 1 heterocycles. The average Bonchev–Trinajstić information content (AvgIpc) is 3.40. The number of benzene rings is 2. The molecule has 9 nitrogen and oxygen atoms in total. The number of ether oxygens (including phenoxy) is 1. The molecule has 0 spiro atoms. The van der Waals surface area contributed by atoms with Gasteiger partial charge in [0.05, 0.1) is 6.42 Å². The Morgan fingerprint density at radius 2 is 1.61 bits per heavy atom. The van der Waals surface area contributed by atoms with E-state index in [1.165, 1.54) is 0 Å². The number of aliphatic carboxylic acids is 2. The van der Waals surface area contributed by atoms with Gasteiger partial charge < -0.3 is 25.2 Å². The molecule has 2 aliphatic rings. The fraction of sp³-hybridized carbons (Fsp3) is 0.333. The number of hydrogen-bond donors (Lipinski definition) is 3. The van der Waals surface area contributed by atoms with Crippen LogP contribution in [0.2, 0.25) is 0 Å². The monoisotopic (exact) mass is 452 g/mol. The second kappa shape index (κ2) is 9.32. The lowest BCUT2D eigenvalue weighted by molar-refractivity contribution is -0.150. The molecule has 2 amide bonds. The van der Waals surface area contributed by atoms with E-state index in [4.69, 9.17) is 4.74 Å². The molecule has 0 bridgehead atoms. The number of fused-ring (bicyclic) bond motifs is 3. The summed E-state index contributed by atoms with van der Waals surface area (Å²) in [5.41, 5.74) is 4.17. The smallest absolute Gasteiger partial charge is 0.407 e. The Morgan fingerprint density at radius 1 is 1.00 bits per heavy atom. The third-order valence-corrected chi connectivity index (χ3v) is 6.13. The van der Waals surface area contributed by atoms with E-state index >= 15 is 0 Å². The maximum atomic E-state index is 12.8. The molecule has 2 aromatic rings. The fourth-order valence-corrected chi connectivity index (χ4v) is 4.64. The van der Waals surface area contributed by atoms with Crippen molar-refractivity contribution in [1.29, 1.82) is 0 Å². The number of carbonyl (C=O) groups excluding carboxylic acids is 2. The van der Waals surface area contributed by atoms with Gasteiger partial charge in [-0.1, -0.05) is 48.5 Å². The van der Waals surface area contributed by atoms with Gasteiger partial charge in [0.25, 0.3) is 0 Å². The summed E-state index contributed by atoms with van der Waals surface area (Å²) >= 11 is 0. The molecule has 1 aliphatic heterocycles. The number of nitrogens with one attached hydrogen (secondary N) is 1. The lowest BCUT2D eigenvalue weighted by atomic mass is 9.98. The third-order valence-electron chi connectivity index (χ3n) is 6.13. The van der Waals surface area contributed by atoms with Gasteiger partial charge in [0.15, 0.2) is 0 Å². The van der Waals surface area contributed by atoms with Crippen LogP contribution in [0.1, 0.15) is 36.3 Å². The van der Waals surface area contributed by atoms with Crippen molar-refractivity contribution in [3.63, 3.8) is 0 Å². The Hall–Kier alpha value is -3.88. The average molecular weight is 452 g/mol. The van der Waals surface area contributed by atoms with Crippen molar-refractivity contribution >= 4 is 23.9 Å². The van der Waals surface area contributed by atoms with Crippen molar-refractivity contribution < 1.29 is 34.1 Å². The highest BCUT2D eigenvalue weighted by Crippen LogP contribution is 2.44. The molecule has 4 rings (SSSR count). The van der Waals surface area contributed by atoms with Gasteiger partial charge in [-0.3, -0.25) is 9.59 Å². The minimum absolute atomic E-state index is 0.00923. The highest BCUT2D eigenvalue weighted by atomic mass is 16.5. The van der Waals surface area contributed by atoms with E-state index in [2.05, 4.69) is 5.32 Å². The van der Waals surface area contributed by atoms with Gasteiger partial charge in [-0.25, -0.2) is 9.59 Å². The first-order valence-electron chi connectivity index (χ1n) is 10.7. The first-order valence-corrected chi connectivity index (χ1v) is 10.7. The molecule has 33 heavy (non-hydrogen) atoms. The van der Waals surface area contributed by atoms with E-state index in [1.807, 2.05) is 48.5 Å². The number of likely N-dealkylation sites (tertiary alicyclic amines) is 1. The molecule has 0 radical (unpaired) electrons. The molecule has 1 saturated heterocycles. The topological polar surface area (TPSA) is 133 Å². The normalized spacial score (nSPS) is 17.7. The molecule has 3 N–H and O–H groups in total. The number of hydrogen-bond acceptors (Lipinski definition) is 5. The summed E-state index contributed by atoms with van der Waals surface area (Å²) in [7, 11) is 0. The molecule has 1 aliphatic carbocycles. The summed E-state index contributed by atoms with van der Waals surface area (Å²) in [5, 5.41) is 20.9. The zero-order valence-electron chi connectivity index (χ0n) is 17.8. The summed E-state index contributed by atoms with van der Waals surface area (Å²) in [6, 6.07) is 13.2. The van der Waals surface area contributed by atoms with Crippen molar-refractivity contribution in [2.45, 2.75) is 37.3 Å². The molecule has 0 aromatic heterocycles. The molecule has 0 saturated carbocycles. The van der Waals surface area contributed by atoms with Gasteiger partial charge >= 0.3 is 18.0 Å². The zero-order chi connectivity index (χ0) is 23.5. The van der Waals surface area contributed by atoms with Gasteiger partial charge in [0.2, 0.25) is 5.91 Å². The largest absolute Gasteiger partial charge is 0.481 e. The van der Waals surface area contributed by atoms with Crippen LogP contribution in [0.3, 0.4) is 0 Å². The van der Waals surface area contributed by atoms with Crippen LogP contribution in [0.5, 0.6) is 0 Å². The Balaban J connectivity index is 1.45. The van der Waals surface area contributed by atoms with Crippen LogP contribution in [0, 0.1) is 0 Å². The number of alkyl carbamates (subject to hydrolysis) is 1. The van der Waals surface area contributed by atoms with Crippen molar-refractivity contribution in [2.24, 2.45) is 0 Å². The maximum absolute atomic E-state index is 12.8. The Labute approximate surface area is 190 Å². The number of carboxylic acids is 2. The number of nitrogens with zero attached hydrogens (tertiary/aromatic N) is 1. The highest BCUT2D eigenvalue weighted by Gasteiger charge is 2.38. The van der Waals surface area contributed by atoms with Crippen LogP contribution in [-0.2, 0) is 19.1 Å². The molecule has 2 atom stereocenters. The standard InChI is InChI=1S/C24H24N2O7/c27-21(28)12-19(22(29)26-11-5-10-20(26)23(30)31)25-24(32)33-13-18-16-8-3-1-6-14(16)15-7-2-4-9-17(15)18/h1-4,6-9,18-20H,5,10-13H2,(H,25,32)(H,27,28)(H,30,31)/t19-,20-/m0/s1. The van der Waals surface area contributed by atoms with Gasteiger partial charge in [-0.05, 0) is 35.1 Å². The van der Waals surface area contributed by atoms with Gasteiger partial charge in [0, 0.05) is 12.5 Å². The number of amides is 2. The van der Waals surface area contributed by atoms with Crippen LogP contribution in [0.4, 0.5) is 4.79 Å². The van der Waals surface area contributed by atoms with Gasteiger partial charge in [0.1, 0.15) is 18.7 Å². The highest BCUT2D eigenvalue weighted by molar-refractivity contribution is 5.92. The van der Waals surface area contributed by atoms with Gasteiger partial charge in [-0.15, -0.1) is 0 Å². The lowest BCUT2D eigenvalue weighted by Gasteiger charge is -2.26. The molecule has 172 valence electrons. The molecule has 2 aromatic carbocycles. The number of carboxylic acid groups (broad SMARTS) is 2. The second-order valence-electron chi connectivity index (χ2n) is 8.15. The van der Waals surface area contributed by atoms with E-state index in [0.717, 1.165) is 27.2 Å². The van der Waals surface area contributed by atoms with Crippen LogP contribution < -0.4 is 5.32 Å². The summed E-state index contributed by atoms with van der Waals surface area (Å²) in [5.74, 6) is -3.38. The Morgan fingerprint density at radius 3 is 2.18 bits per heavy atom. The summed E-state index contributed by atoms with van der Waals surface area (Å²) in [6.07, 6.45) is -0.826.